The summed E-state index contributed by atoms with van der Waals surface area (Å²) in [4.78, 5) is 11.8. The van der Waals surface area contributed by atoms with E-state index in [1.54, 1.807) is 0 Å². The number of aryl methyl sites for hydroxylation is 1. The third-order valence-electron chi connectivity index (χ3n) is 3.00. The predicted octanol–water partition coefficient (Wildman–Crippen LogP) is 3.21. The predicted molar refractivity (Wildman–Crippen MR) is 84.8 cm³/mol. The van der Waals surface area contributed by atoms with Crippen LogP contribution in [0.3, 0.4) is 0 Å². The average molecular weight is 313 g/mol. The summed E-state index contributed by atoms with van der Waals surface area (Å²) >= 11 is 0. The molecule has 118 valence electrons. The summed E-state index contributed by atoms with van der Waals surface area (Å²) < 4.78 is 18.5. The molecule has 2 rings (SSSR count). The molecule has 0 heterocycles. The smallest absolute Gasteiger partial charge is 0.319 e. The topological polar surface area (TPSA) is 74.2 Å². The summed E-state index contributed by atoms with van der Waals surface area (Å²) in [5, 5.41) is 14.0. The molecule has 6 heteroatoms. The Bertz CT molecular complexity index is 741. The molecule has 2 amide bonds. The molecule has 0 aliphatic carbocycles. The fraction of sp³-hybridized carbons (Fsp3) is 0.176. The second-order valence-electron chi connectivity index (χ2n) is 4.85. The van der Waals surface area contributed by atoms with Crippen molar-refractivity contribution in [2.24, 2.45) is 0 Å². The normalized spacial score (nSPS) is 9.78. The second kappa shape index (κ2) is 7.80. The SMILES string of the molecule is Cc1cccc(OCCNC(=O)Nc2ccc(F)cc2C#N)c1. The van der Waals surface area contributed by atoms with Crippen LogP contribution in [0.25, 0.3) is 0 Å². The average Bonchev–Trinajstić information content (AvgIpc) is 2.53. The van der Waals surface area contributed by atoms with Crippen molar-refractivity contribution in [3.8, 4) is 11.8 Å². The molecule has 0 radical (unpaired) electrons. The zero-order chi connectivity index (χ0) is 16.7. The molecular weight excluding hydrogens is 297 g/mol. The Hall–Kier alpha value is -3.07. The number of halogens is 1. The largest absolute Gasteiger partial charge is 0.492 e. The number of benzene rings is 2. The van der Waals surface area contributed by atoms with Crippen molar-refractivity contribution in [1.82, 2.24) is 5.32 Å². The number of nitrogens with zero attached hydrogens (tertiary/aromatic N) is 1. The lowest BCUT2D eigenvalue weighted by molar-refractivity contribution is 0.247. The van der Waals surface area contributed by atoms with Crippen molar-refractivity contribution in [2.45, 2.75) is 6.92 Å². The molecule has 2 aromatic carbocycles. The maximum atomic E-state index is 13.0. The molecule has 0 bridgehead atoms. The van der Waals surface area contributed by atoms with E-state index in [-0.39, 0.29) is 11.3 Å². The first kappa shape index (κ1) is 16.3. The van der Waals surface area contributed by atoms with Gasteiger partial charge in [-0.25, -0.2) is 9.18 Å². The number of hydrogen-bond acceptors (Lipinski definition) is 3. The Morgan fingerprint density at radius 1 is 1.30 bits per heavy atom. The van der Waals surface area contributed by atoms with E-state index in [1.807, 2.05) is 37.3 Å². The van der Waals surface area contributed by atoms with Gasteiger partial charge in [0.05, 0.1) is 17.8 Å². The van der Waals surface area contributed by atoms with Crippen LogP contribution >= 0.6 is 0 Å². The molecule has 0 fully saturated rings. The Kier molecular flexibility index (Phi) is 5.53. The van der Waals surface area contributed by atoms with Crippen molar-refractivity contribution >= 4 is 11.7 Å². The van der Waals surface area contributed by atoms with Crippen LogP contribution < -0.4 is 15.4 Å². The van der Waals surface area contributed by atoms with Gasteiger partial charge in [-0.05, 0) is 42.8 Å². The summed E-state index contributed by atoms with van der Waals surface area (Å²) in [5.74, 6) is 0.205. The van der Waals surface area contributed by atoms with Crippen molar-refractivity contribution in [3.63, 3.8) is 0 Å². The summed E-state index contributed by atoms with van der Waals surface area (Å²) in [6.45, 7) is 2.57. The Morgan fingerprint density at radius 2 is 2.13 bits per heavy atom. The molecule has 2 aromatic rings. The molecule has 0 aromatic heterocycles. The molecule has 0 aliphatic heterocycles. The first-order chi connectivity index (χ1) is 11.1. The molecule has 2 N–H and O–H groups in total. The van der Waals surface area contributed by atoms with Crippen LogP contribution in [0.1, 0.15) is 11.1 Å². The number of ether oxygens (including phenoxy) is 1. The van der Waals surface area contributed by atoms with Gasteiger partial charge in [-0.15, -0.1) is 0 Å². The lowest BCUT2D eigenvalue weighted by atomic mass is 10.2. The zero-order valence-electron chi connectivity index (χ0n) is 12.6. The summed E-state index contributed by atoms with van der Waals surface area (Å²) in [5.41, 5.74) is 1.41. The fourth-order valence-electron chi connectivity index (χ4n) is 1.92. The van der Waals surface area contributed by atoms with Gasteiger partial charge in [0.15, 0.2) is 0 Å². The van der Waals surface area contributed by atoms with E-state index < -0.39 is 11.8 Å². The maximum absolute atomic E-state index is 13.0. The van der Waals surface area contributed by atoms with Crippen molar-refractivity contribution in [2.75, 3.05) is 18.5 Å². The van der Waals surface area contributed by atoms with Gasteiger partial charge in [0.1, 0.15) is 24.2 Å². The molecule has 23 heavy (non-hydrogen) atoms. The molecule has 0 spiro atoms. The van der Waals surface area contributed by atoms with E-state index in [9.17, 15) is 9.18 Å². The number of nitrogens with one attached hydrogen (secondary N) is 2. The lowest BCUT2D eigenvalue weighted by Crippen LogP contribution is -2.32. The van der Waals surface area contributed by atoms with E-state index >= 15 is 0 Å². The van der Waals surface area contributed by atoms with E-state index in [0.29, 0.717) is 13.2 Å². The minimum Gasteiger partial charge on any atom is -0.492 e. The van der Waals surface area contributed by atoms with Crippen LogP contribution in [0.4, 0.5) is 14.9 Å². The number of amides is 2. The maximum Gasteiger partial charge on any atom is 0.319 e. The highest BCUT2D eigenvalue weighted by Gasteiger charge is 2.07. The van der Waals surface area contributed by atoms with E-state index in [1.165, 1.54) is 12.1 Å². The number of carbonyl (C=O) groups excluding carboxylic acids is 1. The van der Waals surface area contributed by atoms with Crippen LogP contribution in [-0.2, 0) is 0 Å². The first-order valence-corrected chi connectivity index (χ1v) is 7.02. The van der Waals surface area contributed by atoms with Crippen LogP contribution in [0, 0.1) is 24.1 Å². The highest BCUT2D eigenvalue weighted by Crippen LogP contribution is 2.15. The summed E-state index contributed by atoms with van der Waals surface area (Å²) in [6, 6.07) is 12.5. The van der Waals surface area contributed by atoms with Gasteiger partial charge in [0.25, 0.3) is 0 Å². The molecule has 0 unspecified atom stereocenters. The standard InChI is InChI=1S/C17H16FN3O2/c1-12-3-2-4-15(9-12)23-8-7-20-17(22)21-16-6-5-14(18)10-13(16)11-19/h2-6,9-10H,7-8H2,1H3,(H2,20,21,22). The molecule has 0 saturated heterocycles. The van der Waals surface area contributed by atoms with Crippen LogP contribution in [-0.4, -0.2) is 19.2 Å². The number of hydrogen-bond donors (Lipinski definition) is 2. The number of rotatable bonds is 5. The van der Waals surface area contributed by atoms with E-state index in [4.69, 9.17) is 10.00 Å². The summed E-state index contributed by atoms with van der Waals surface area (Å²) in [6.07, 6.45) is 0. The minimum atomic E-state index is -0.529. The highest BCUT2D eigenvalue weighted by atomic mass is 19.1. The lowest BCUT2D eigenvalue weighted by Gasteiger charge is -2.10. The number of carbonyl (C=O) groups is 1. The quantitative estimate of drug-likeness (QED) is 0.832. The molecule has 0 atom stereocenters. The third-order valence-corrected chi connectivity index (χ3v) is 3.00. The Labute approximate surface area is 133 Å². The third kappa shape index (κ3) is 5.00. The van der Waals surface area contributed by atoms with Crippen LogP contribution in [0.5, 0.6) is 5.75 Å². The molecule has 0 saturated carbocycles. The van der Waals surface area contributed by atoms with Crippen molar-refractivity contribution in [1.29, 1.82) is 5.26 Å². The van der Waals surface area contributed by atoms with Crippen LogP contribution in [0.2, 0.25) is 0 Å². The number of nitriles is 1. The van der Waals surface area contributed by atoms with Gasteiger partial charge in [-0.3, -0.25) is 0 Å². The van der Waals surface area contributed by atoms with Gasteiger partial charge in [0.2, 0.25) is 0 Å². The minimum absolute atomic E-state index is 0.0659. The van der Waals surface area contributed by atoms with Gasteiger partial charge in [-0.2, -0.15) is 5.26 Å². The van der Waals surface area contributed by atoms with E-state index in [2.05, 4.69) is 10.6 Å². The number of urea groups is 1. The Balaban J connectivity index is 1.79. The second-order valence-corrected chi connectivity index (χ2v) is 4.85. The van der Waals surface area contributed by atoms with Crippen LogP contribution in [0.15, 0.2) is 42.5 Å². The fourth-order valence-corrected chi connectivity index (χ4v) is 1.92. The molecular formula is C17H16FN3O2. The van der Waals surface area contributed by atoms with Gasteiger partial charge in [-0.1, -0.05) is 12.1 Å². The monoisotopic (exact) mass is 313 g/mol. The first-order valence-electron chi connectivity index (χ1n) is 7.02. The zero-order valence-corrected chi connectivity index (χ0v) is 12.6. The van der Waals surface area contributed by atoms with E-state index in [0.717, 1.165) is 17.4 Å². The van der Waals surface area contributed by atoms with Crippen molar-refractivity contribution < 1.29 is 13.9 Å². The number of anilines is 1. The van der Waals surface area contributed by atoms with Gasteiger partial charge in [0, 0.05) is 0 Å². The van der Waals surface area contributed by atoms with Gasteiger partial charge < -0.3 is 15.4 Å². The summed E-state index contributed by atoms with van der Waals surface area (Å²) in [7, 11) is 0. The molecule has 0 aliphatic rings. The van der Waals surface area contributed by atoms with Gasteiger partial charge >= 0.3 is 6.03 Å². The molecule has 5 nitrogen and oxygen atoms in total. The van der Waals surface area contributed by atoms with Crippen molar-refractivity contribution in [3.05, 3.63) is 59.4 Å². The Morgan fingerprint density at radius 3 is 2.87 bits per heavy atom. The highest BCUT2D eigenvalue weighted by molar-refractivity contribution is 5.90.